The highest BCUT2D eigenvalue weighted by Crippen LogP contribution is 2.26. The highest BCUT2D eigenvalue weighted by Gasteiger charge is 2.25. The molecule has 0 radical (unpaired) electrons. The Balaban J connectivity index is 1.46. The fourth-order valence-corrected chi connectivity index (χ4v) is 2.85. The van der Waals surface area contributed by atoms with Gasteiger partial charge in [0.2, 0.25) is 0 Å². The summed E-state index contributed by atoms with van der Waals surface area (Å²) in [6, 6.07) is 12.3. The first-order chi connectivity index (χ1) is 11.7. The van der Waals surface area contributed by atoms with Crippen LogP contribution in [0.5, 0.6) is 0 Å². The molecule has 4 rings (SSSR count). The lowest BCUT2D eigenvalue weighted by Gasteiger charge is -2.15. The Labute approximate surface area is 140 Å². The Morgan fingerprint density at radius 3 is 2.83 bits per heavy atom. The van der Waals surface area contributed by atoms with Gasteiger partial charge in [-0.25, -0.2) is 0 Å². The molecule has 0 atom stereocenters. The summed E-state index contributed by atoms with van der Waals surface area (Å²) >= 11 is 0. The fraction of sp³-hybridized carbons (Fsp3) is 0.278. The number of aromatic nitrogens is 3. The van der Waals surface area contributed by atoms with E-state index in [1.54, 1.807) is 16.8 Å². The highest BCUT2D eigenvalue weighted by molar-refractivity contribution is 6.08. The number of carbonyl (C=O) groups excluding carboxylic acids is 1. The second kappa shape index (κ2) is 6.05. The van der Waals surface area contributed by atoms with Crippen LogP contribution in [0, 0.1) is 0 Å². The van der Waals surface area contributed by atoms with E-state index in [0.717, 1.165) is 18.3 Å². The SMILES string of the molecule is CN(Cc1ccc(NC(=O)c2cccn3cnnc23)cc1)C1CC1. The van der Waals surface area contributed by atoms with Crippen LogP contribution >= 0.6 is 0 Å². The maximum atomic E-state index is 12.5. The average Bonchev–Trinajstić information content (AvgIpc) is 3.33. The van der Waals surface area contributed by atoms with Gasteiger partial charge in [-0.05, 0) is 49.7 Å². The summed E-state index contributed by atoms with van der Waals surface area (Å²) in [5.41, 5.74) is 3.09. The second-order valence-electron chi connectivity index (χ2n) is 6.28. The van der Waals surface area contributed by atoms with E-state index in [1.165, 1.54) is 18.4 Å². The van der Waals surface area contributed by atoms with E-state index >= 15 is 0 Å². The third-order valence-corrected chi connectivity index (χ3v) is 4.38. The number of benzene rings is 1. The number of nitrogens with zero attached hydrogens (tertiary/aromatic N) is 4. The van der Waals surface area contributed by atoms with Crippen molar-refractivity contribution in [3.8, 4) is 0 Å². The molecular weight excluding hydrogens is 302 g/mol. The average molecular weight is 321 g/mol. The molecule has 24 heavy (non-hydrogen) atoms. The van der Waals surface area contributed by atoms with E-state index in [9.17, 15) is 4.79 Å². The van der Waals surface area contributed by atoms with Crippen molar-refractivity contribution in [2.24, 2.45) is 0 Å². The standard InChI is InChI=1S/C18H19N5O/c1-22(15-8-9-15)11-13-4-6-14(7-5-13)20-18(24)16-3-2-10-23-12-19-21-17(16)23/h2-7,10,12,15H,8-9,11H2,1H3,(H,20,24). The van der Waals surface area contributed by atoms with Gasteiger partial charge in [-0.15, -0.1) is 10.2 Å². The van der Waals surface area contributed by atoms with Crippen LogP contribution in [0.4, 0.5) is 5.69 Å². The molecule has 3 aromatic rings. The van der Waals surface area contributed by atoms with Gasteiger partial charge in [-0.1, -0.05) is 12.1 Å². The Hall–Kier alpha value is -2.73. The minimum absolute atomic E-state index is 0.184. The van der Waals surface area contributed by atoms with Crippen molar-refractivity contribution in [2.75, 3.05) is 12.4 Å². The van der Waals surface area contributed by atoms with E-state index in [1.807, 2.05) is 24.4 Å². The highest BCUT2D eigenvalue weighted by atomic mass is 16.1. The molecule has 1 aromatic carbocycles. The summed E-state index contributed by atoms with van der Waals surface area (Å²) in [5, 5.41) is 10.8. The number of rotatable bonds is 5. The van der Waals surface area contributed by atoms with Gasteiger partial charge in [0.1, 0.15) is 6.33 Å². The molecule has 1 aliphatic carbocycles. The molecule has 1 fully saturated rings. The van der Waals surface area contributed by atoms with Crippen molar-refractivity contribution in [1.82, 2.24) is 19.5 Å². The van der Waals surface area contributed by atoms with E-state index in [2.05, 4.69) is 39.6 Å². The first-order valence-electron chi connectivity index (χ1n) is 8.09. The molecule has 2 aromatic heterocycles. The van der Waals surface area contributed by atoms with Crippen molar-refractivity contribution in [2.45, 2.75) is 25.4 Å². The minimum Gasteiger partial charge on any atom is -0.322 e. The van der Waals surface area contributed by atoms with Crippen molar-refractivity contribution in [3.05, 3.63) is 60.0 Å². The molecule has 6 heteroatoms. The third kappa shape index (κ3) is 3.00. The van der Waals surface area contributed by atoms with Crippen LogP contribution in [0.15, 0.2) is 48.9 Å². The Kier molecular flexibility index (Phi) is 3.74. The van der Waals surface area contributed by atoms with Crippen LogP contribution in [0.2, 0.25) is 0 Å². The zero-order chi connectivity index (χ0) is 16.5. The van der Waals surface area contributed by atoms with E-state index in [-0.39, 0.29) is 5.91 Å². The van der Waals surface area contributed by atoms with Crippen LogP contribution in [-0.4, -0.2) is 38.5 Å². The van der Waals surface area contributed by atoms with Crippen LogP contribution in [-0.2, 0) is 6.54 Å². The van der Waals surface area contributed by atoms with Gasteiger partial charge >= 0.3 is 0 Å². The van der Waals surface area contributed by atoms with Gasteiger partial charge in [0.15, 0.2) is 5.65 Å². The maximum Gasteiger partial charge on any atom is 0.259 e. The number of pyridine rings is 1. The number of amides is 1. The number of carbonyl (C=O) groups is 1. The smallest absolute Gasteiger partial charge is 0.259 e. The second-order valence-corrected chi connectivity index (χ2v) is 6.28. The summed E-state index contributed by atoms with van der Waals surface area (Å²) in [6.07, 6.45) is 6.01. The molecular formula is C18H19N5O. The summed E-state index contributed by atoms with van der Waals surface area (Å²) in [7, 11) is 2.16. The summed E-state index contributed by atoms with van der Waals surface area (Å²) in [5.74, 6) is -0.184. The van der Waals surface area contributed by atoms with Gasteiger partial charge in [0, 0.05) is 24.5 Å². The normalized spacial score (nSPS) is 14.2. The van der Waals surface area contributed by atoms with Crippen LogP contribution < -0.4 is 5.32 Å². The summed E-state index contributed by atoms with van der Waals surface area (Å²) < 4.78 is 1.73. The Morgan fingerprint density at radius 1 is 1.29 bits per heavy atom. The van der Waals surface area contributed by atoms with E-state index in [4.69, 9.17) is 0 Å². The predicted octanol–water partition coefficient (Wildman–Crippen LogP) is 2.58. The van der Waals surface area contributed by atoms with Gasteiger partial charge in [0.05, 0.1) is 5.56 Å². The van der Waals surface area contributed by atoms with Gasteiger partial charge in [-0.2, -0.15) is 0 Å². The van der Waals surface area contributed by atoms with E-state index < -0.39 is 0 Å². The molecule has 122 valence electrons. The van der Waals surface area contributed by atoms with E-state index in [0.29, 0.717) is 11.2 Å². The molecule has 2 heterocycles. The lowest BCUT2D eigenvalue weighted by molar-refractivity contribution is 0.102. The van der Waals surface area contributed by atoms with Crippen molar-refractivity contribution in [1.29, 1.82) is 0 Å². The number of hydrogen-bond acceptors (Lipinski definition) is 4. The topological polar surface area (TPSA) is 62.5 Å². The van der Waals surface area contributed by atoms with Crippen LogP contribution in [0.3, 0.4) is 0 Å². The van der Waals surface area contributed by atoms with Crippen LogP contribution in [0.1, 0.15) is 28.8 Å². The molecule has 1 N–H and O–H groups in total. The first kappa shape index (κ1) is 14.8. The summed E-state index contributed by atoms with van der Waals surface area (Å²) in [6.45, 7) is 0.942. The molecule has 1 amide bonds. The third-order valence-electron chi connectivity index (χ3n) is 4.38. The molecule has 0 aliphatic heterocycles. The van der Waals surface area contributed by atoms with Crippen molar-refractivity contribution >= 4 is 17.2 Å². The maximum absolute atomic E-state index is 12.5. The molecule has 1 saturated carbocycles. The van der Waals surface area contributed by atoms with Gasteiger partial charge < -0.3 is 5.32 Å². The van der Waals surface area contributed by atoms with Crippen LogP contribution in [0.25, 0.3) is 5.65 Å². The zero-order valence-electron chi connectivity index (χ0n) is 13.5. The molecule has 1 aliphatic rings. The van der Waals surface area contributed by atoms with Crippen molar-refractivity contribution < 1.29 is 4.79 Å². The predicted molar refractivity (Wildman–Crippen MR) is 91.9 cm³/mol. The van der Waals surface area contributed by atoms with Crippen molar-refractivity contribution in [3.63, 3.8) is 0 Å². The quantitative estimate of drug-likeness (QED) is 0.784. The lowest BCUT2D eigenvalue weighted by Crippen LogP contribution is -2.19. The monoisotopic (exact) mass is 321 g/mol. The number of anilines is 1. The van der Waals surface area contributed by atoms with Gasteiger partial charge in [0.25, 0.3) is 5.91 Å². The fourth-order valence-electron chi connectivity index (χ4n) is 2.85. The van der Waals surface area contributed by atoms with Gasteiger partial charge in [-0.3, -0.25) is 14.1 Å². The molecule has 6 nitrogen and oxygen atoms in total. The molecule has 0 bridgehead atoms. The summed E-state index contributed by atoms with van der Waals surface area (Å²) in [4.78, 5) is 14.9. The number of hydrogen-bond donors (Lipinski definition) is 1. The lowest BCUT2D eigenvalue weighted by atomic mass is 10.2. The molecule has 0 saturated heterocycles. The first-order valence-corrected chi connectivity index (χ1v) is 8.09. The zero-order valence-corrected chi connectivity index (χ0v) is 13.5. The Morgan fingerprint density at radius 2 is 2.08 bits per heavy atom. The Bertz CT molecular complexity index is 867. The molecule has 0 unspecified atom stereocenters. The minimum atomic E-state index is -0.184. The largest absolute Gasteiger partial charge is 0.322 e. The molecule has 0 spiro atoms. The number of nitrogens with one attached hydrogen (secondary N) is 1. The number of fused-ring (bicyclic) bond motifs is 1.